The van der Waals surface area contributed by atoms with Gasteiger partial charge in [0.1, 0.15) is 0 Å². The monoisotopic (exact) mass is 304 g/mol. The first-order valence-electron chi connectivity index (χ1n) is 7.01. The van der Waals surface area contributed by atoms with Gasteiger partial charge < -0.3 is 20.7 Å². The van der Waals surface area contributed by atoms with Crippen molar-refractivity contribution in [3.05, 3.63) is 11.4 Å². The van der Waals surface area contributed by atoms with E-state index in [4.69, 9.17) is 10.5 Å². The predicted octanol–water partition coefficient (Wildman–Crippen LogP) is 1.15. The van der Waals surface area contributed by atoms with Gasteiger partial charge in [-0.1, -0.05) is 13.8 Å². The second-order valence-corrected chi connectivity index (χ2v) is 6.38. The van der Waals surface area contributed by atoms with Gasteiger partial charge in [0, 0.05) is 18.3 Å². The number of carbonyl (C=O) groups excluding carboxylic acids is 1. The van der Waals surface area contributed by atoms with Crippen molar-refractivity contribution in [3.8, 4) is 0 Å². The number of nitrogens with two attached hydrogens (primary N) is 1. The number of amides is 1. The first-order valence-corrected chi connectivity index (χ1v) is 8.36. The first-order chi connectivity index (χ1) is 9.38. The molecule has 1 aliphatic rings. The zero-order valence-corrected chi connectivity index (χ0v) is 13.3. The van der Waals surface area contributed by atoms with Gasteiger partial charge in [0.05, 0.1) is 18.2 Å². The van der Waals surface area contributed by atoms with E-state index in [0.717, 1.165) is 12.8 Å². The lowest BCUT2D eigenvalue weighted by molar-refractivity contribution is -0.121. The summed E-state index contributed by atoms with van der Waals surface area (Å²) in [6, 6.07) is -0.780. The zero-order chi connectivity index (χ0) is 15.3. The van der Waals surface area contributed by atoms with Crippen molar-refractivity contribution in [2.24, 2.45) is 5.73 Å². The van der Waals surface area contributed by atoms with Gasteiger partial charge in [-0.15, -0.1) is 0 Å². The number of carbonyl (C=O) groups is 1. The second-order valence-electron chi connectivity index (χ2n) is 5.13. The fourth-order valence-corrected chi connectivity index (χ4v) is 3.12. The lowest BCUT2D eigenvalue weighted by atomic mass is 9.93. The summed E-state index contributed by atoms with van der Waals surface area (Å²) in [5, 5.41) is 3.22. The van der Waals surface area contributed by atoms with Crippen LogP contribution in [0.5, 0.6) is 0 Å². The van der Waals surface area contributed by atoms with Gasteiger partial charge in [0.25, 0.3) is 0 Å². The van der Waals surface area contributed by atoms with Crippen LogP contribution in [0.15, 0.2) is 11.4 Å². The van der Waals surface area contributed by atoms with Crippen molar-refractivity contribution in [1.82, 2.24) is 5.32 Å². The molecule has 0 aromatic heterocycles. The molecule has 0 radical (unpaired) electrons. The Kier molecular flexibility index (Phi) is 6.89. The van der Waals surface area contributed by atoms with Crippen molar-refractivity contribution >= 4 is 13.9 Å². The topological polar surface area (TPSA) is 102 Å². The van der Waals surface area contributed by atoms with Crippen LogP contribution < -0.4 is 11.1 Å². The minimum atomic E-state index is -2.76. The summed E-state index contributed by atoms with van der Waals surface area (Å²) in [6.45, 7) is 5.46. The molecule has 0 aromatic rings. The van der Waals surface area contributed by atoms with Crippen LogP contribution in [0, 0.1) is 0 Å². The highest BCUT2D eigenvalue weighted by molar-refractivity contribution is 7.43. The molecular formula is C13H25N2O4P. The van der Waals surface area contributed by atoms with E-state index in [1.807, 2.05) is 13.8 Å². The molecular weight excluding hydrogens is 279 g/mol. The first kappa shape index (κ1) is 17.4. The third-order valence-corrected chi connectivity index (χ3v) is 4.46. The largest absolute Gasteiger partial charge is 0.369 e. The summed E-state index contributed by atoms with van der Waals surface area (Å²) >= 11 is 0. The van der Waals surface area contributed by atoms with Crippen molar-refractivity contribution in [1.29, 1.82) is 0 Å². The van der Waals surface area contributed by atoms with Crippen molar-refractivity contribution in [2.45, 2.75) is 64.3 Å². The third kappa shape index (κ3) is 4.70. The van der Waals surface area contributed by atoms with Crippen molar-refractivity contribution < 1.29 is 19.0 Å². The van der Waals surface area contributed by atoms with E-state index in [1.54, 1.807) is 6.08 Å². The molecule has 0 spiro atoms. The van der Waals surface area contributed by atoms with Crippen LogP contribution in [-0.2, 0) is 14.1 Å². The molecule has 4 atom stereocenters. The summed E-state index contributed by atoms with van der Waals surface area (Å²) in [7, 11) is -2.76. The highest BCUT2D eigenvalue weighted by Crippen LogP contribution is 2.36. The highest BCUT2D eigenvalue weighted by atomic mass is 31.1. The van der Waals surface area contributed by atoms with Gasteiger partial charge in [-0.2, -0.15) is 0 Å². The maximum atomic E-state index is 11.3. The van der Waals surface area contributed by atoms with Crippen LogP contribution in [0.1, 0.15) is 40.0 Å². The van der Waals surface area contributed by atoms with Crippen LogP contribution in [0.25, 0.3) is 0 Å². The van der Waals surface area contributed by atoms with E-state index in [-0.39, 0.29) is 18.1 Å². The summed E-state index contributed by atoms with van der Waals surface area (Å²) in [5.74, 6) is -0.183. The second kappa shape index (κ2) is 7.93. The molecule has 1 rings (SSSR count). The van der Waals surface area contributed by atoms with Crippen LogP contribution in [0.3, 0.4) is 0 Å². The highest BCUT2D eigenvalue weighted by Gasteiger charge is 2.34. The summed E-state index contributed by atoms with van der Waals surface area (Å²) in [5.41, 5.74) is 6.04. The maximum Gasteiger partial charge on any atom is 0.217 e. The molecule has 6 nitrogen and oxygen atoms in total. The third-order valence-electron chi connectivity index (χ3n) is 3.54. The molecule has 7 heteroatoms. The van der Waals surface area contributed by atoms with Gasteiger partial charge in [0.15, 0.2) is 0 Å². The number of hydrogen-bond donors (Lipinski definition) is 3. The molecule has 1 aliphatic carbocycles. The molecule has 0 saturated carbocycles. The Morgan fingerprint density at radius 1 is 1.60 bits per heavy atom. The Morgan fingerprint density at radius 2 is 2.20 bits per heavy atom. The Hall–Kier alpha value is -0.680. The lowest BCUT2D eigenvalue weighted by Crippen LogP contribution is -2.56. The number of rotatable bonds is 6. The summed E-state index contributed by atoms with van der Waals surface area (Å²) < 4.78 is 17.3. The van der Waals surface area contributed by atoms with Crippen molar-refractivity contribution in [3.63, 3.8) is 0 Å². The van der Waals surface area contributed by atoms with Crippen LogP contribution in [0.2, 0.25) is 0 Å². The standard InChI is InChI=1S/C13H25N2O4P/c1-4-9(5-2)19-12-7-10(20(17)18)6-11(14)13(12)15-8(3)16/h7,9,11-13,20H,4-6,14H2,1-3H3,(H,15,16)(H,17,18)/t11-,12+,13+/m0/s1. The minimum Gasteiger partial charge on any atom is -0.369 e. The average Bonchev–Trinajstić information content (AvgIpc) is 2.38. The van der Waals surface area contributed by atoms with Gasteiger partial charge in [-0.25, -0.2) is 0 Å². The smallest absolute Gasteiger partial charge is 0.217 e. The number of hydrogen-bond acceptors (Lipinski definition) is 4. The van der Waals surface area contributed by atoms with E-state index in [9.17, 15) is 14.3 Å². The van der Waals surface area contributed by atoms with Gasteiger partial charge in [-0.3, -0.25) is 9.36 Å². The fourth-order valence-electron chi connectivity index (χ4n) is 2.40. The summed E-state index contributed by atoms with van der Waals surface area (Å²) in [6.07, 6.45) is 3.23. The molecule has 0 heterocycles. The van der Waals surface area contributed by atoms with Crippen LogP contribution in [0.4, 0.5) is 0 Å². The molecule has 0 saturated heterocycles. The predicted molar refractivity (Wildman–Crippen MR) is 78.7 cm³/mol. The number of ether oxygens (including phenoxy) is 1. The average molecular weight is 304 g/mol. The van der Waals surface area contributed by atoms with Gasteiger partial charge >= 0.3 is 0 Å². The molecule has 1 amide bonds. The quantitative estimate of drug-likeness (QED) is 0.639. The van der Waals surface area contributed by atoms with E-state index >= 15 is 0 Å². The van der Waals surface area contributed by atoms with E-state index in [1.165, 1.54) is 6.92 Å². The minimum absolute atomic E-state index is 0.0417. The Balaban J connectivity index is 2.96. The Morgan fingerprint density at radius 3 is 2.65 bits per heavy atom. The Labute approximate surface area is 120 Å². The maximum absolute atomic E-state index is 11.3. The van der Waals surface area contributed by atoms with E-state index in [0.29, 0.717) is 11.7 Å². The van der Waals surface area contributed by atoms with Gasteiger partial charge in [0.2, 0.25) is 13.9 Å². The SMILES string of the molecule is CCC(CC)O[C@@H]1C=C([PH](=O)O)C[C@H](N)[C@H]1NC(C)=O. The Bertz CT molecular complexity index is 396. The van der Waals surface area contributed by atoms with E-state index < -0.39 is 20.2 Å². The normalized spacial score (nSPS) is 28.1. The molecule has 0 aromatic carbocycles. The molecule has 20 heavy (non-hydrogen) atoms. The number of nitrogens with one attached hydrogen (secondary N) is 1. The van der Waals surface area contributed by atoms with Crippen molar-refractivity contribution in [2.75, 3.05) is 0 Å². The molecule has 1 unspecified atom stereocenters. The van der Waals surface area contributed by atoms with Gasteiger partial charge in [-0.05, 0) is 25.3 Å². The fraction of sp³-hybridized carbons (Fsp3) is 0.769. The van der Waals surface area contributed by atoms with E-state index in [2.05, 4.69) is 5.32 Å². The lowest BCUT2D eigenvalue weighted by Gasteiger charge is -2.36. The molecule has 0 fully saturated rings. The molecule has 0 aliphatic heterocycles. The summed E-state index contributed by atoms with van der Waals surface area (Å²) in [4.78, 5) is 20.6. The van der Waals surface area contributed by atoms with Crippen LogP contribution >= 0.6 is 8.03 Å². The molecule has 4 N–H and O–H groups in total. The van der Waals surface area contributed by atoms with Crippen LogP contribution in [-0.4, -0.2) is 35.1 Å². The molecule has 116 valence electrons. The molecule has 0 bridgehead atoms. The zero-order valence-electron chi connectivity index (χ0n) is 12.3.